The number of hydrogen-bond donors (Lipinski definition) is 1. The first-order valence-electron chi connectivity index (χ1n) is 7.38. The number of rotatable bonds is 3. The number of halogens is 1. The molecule has 0 spiro atoms. The zero-order chi connectivity index (χ0) is 15.5. The van der Waals surface area contributed by atoms with Crippen LogP contribution in [0.5, 0.6) is 0 Å². The van der Waals surface area contributed by atoms with E-state index >= 15 is 0 Å². The number of aromatic nitrogens is 1. The number of amides is 1. The van der Waals surface area contributed by atoms with Crippen LogP contribution in [-0.4, -0.2) is 35.4 Å². The van der Waals surface area contributed by atoms with Gasteiger partial charge in [-0.3, -0.25) is 4.79 Å². The molecule has 4 nitrogen and oxygen atoms in total. The van der Waals surface area contributed by atoms with Gasteiger partial charge >= 0.3 is 0 Å². The van der Waals surface area contributed by atoms with Crippen LogP contribution >= 0.6 is 22.9 Å². The number of likely N-dealkylation sites (tertiary alicyclic amines) is 1. The molecule has 22 heavy (non-hydrogen) atoms. The molecule has 0 atom stereocenters. The summed E-state index contributed by atoms with van der Waals surface area (Å²) in [4.78, 5) is 18.9. The minimum Gasteiger partial charge on any atom is -0.337 e. The highest BCUT2D eigenvalue weighted by Gasteiger charge is 2.24. The summed E-state index contributed by atoms with van der Waals surface area (Å²) in [6, 6.07) is 7.50. The van der Waals surface area contributed by atoms with Crippen LogP contribution in [0.25, 0.3) is 10.6 Å². The average Bonchev–Trinajstić information content (AvgIpc) is 3.05. The molecule has 1 aliphatic heterocycles. The summed E-state index contributed by atoms with van der Waals surface area (Å²) in [6.07, 6.45) is 1.97. The van der Waals surface area contributed by atoms with E-state index in [1.54, 1.807) is 0 Å². The highest BCUT2D eigenvalue weighted by atomic mass is 35.5. The topological polar surface area (TPSA) is 59.2 Å². The summed E-state index contributed by atoms with van der Waals surface area (Å²) in [5.74, 6) is 0.566. The third-order valence-corrected chi connectivity index (χ3v) is 5.19. The second-order valence-corrected chi connectivity index (χ2v) is 6.81. The Morgan fingerprint density at radius 3 is 2.64 bits per heavy atom. The fraction of sp³-hybridized carbons (Fsp3) is 0.375. The molecule has 6 heteroatoms. The fourth-order valence-corrected chi connectivity index (χ4v) is 3.56. The lowest BCUT2D eigenvalue weighted by molar-refractivity contribution is 0.0688. The van der Waals surface area contributed by atoms with Gasteiger partial charge in [-0.05, 0) is 37.4 Å². The number of thiazole rings is 1. The van der Waals surface area contributed by atoms with E-state index in [9.17, 15) is 4.79 Å². The van der Waals surface area contributed by atoms with E-state index < -0.39 is 0 Å². The monoisotopic (exact) mass is 335 g/mol. The van der Waals surface area contributed by atoms with Crippen molar-refractivity contribution in [2.75, 3.05) is 19.6 Å². The Bertz CT molecular complexity index is 648. The molecule has 2 aromatic rings. The number of carbonyl (C=O) groups excluding carboxylic acids is 1. The second-order valence-electron chi connectivity index (χ2n) is 5.52. The van der Waals surface area contributed by atoms with Gasteiger partial charge in [-0.1, -0.05) is 23.7 Å². The quantitative estimate of drug-likeness (QED) is 0.936. The van der Waals surface area contributed by atoms with Crippen LogP contribution in [-0.2, 0) is 0 Å². The highest BCUT2D eigenvalue weighted by Crippen LogP contribution is 2.26. The smallest absolute Gasteiger partial charge is 0.273 e. The Balaban J connectivity index is 1.71. The molecule has 0 radical (unpaired) electrons. The van der Waals surface area contributed by atoms with Gasteiger partial charge in [0, 0.05) is 29.1 Å². The van der Waals surface area contributed by atoms with Crippen LogP contribution in [0.4, 0.5) is 0 Å². The van der Waals surface area contributed by atoms with Crippen molar-refractivity contribution in [1.82, 2.24) is 9.88 Å². The van der Waals surface area contributed by atoms with Gasteiger partial charge in [-0.15, -0.1) is 11.3 Å². The van der Waals surface area contributed by atoms with E-state index in [-0.39, 0.29) is 5.91 Å². The van der Waals surface area contributed by atoms with Crippen molar-refractivity contribution in [2.24, 2.45) is 11.7 Å². The molecule has 2 heterocycles. The largest absolute Gasteiger partial charge is 0.337 e. The Hall–Kier alpha value is -1.43. The van der Waals surface area contributed by atoms with Crippen LogP contribution in [0, 0.1) is 5.92 Å². The van der Waals surface area contributed by atoms with E-state index in [2.05, 4.69) is 4.98 Å². The molecule has 1 fully saturated rings. The average molecular weight is 336 g/mol. The minimum absolute atomic E-state index is 0.0203. The summed E-state index contributed by atoms with van der Waals surface area (Å²) in [5.41, 5.74) is 7.20. The molecule has 2 N–H and O–H groups in total. The van der Waals surface area contributed by atoms with Gasteiger partial charge in [0.2, 0.25) is 0 Å². The number of piperidine rings is 1. The Kier molecular flexibility index (Phi) is 4.76. The van der Waals surface area contributed by atoms with Gasteiger partial charge in [-0.2, -0.15) is 0 Å². The Morgan fingerprint density at radius 1 is 1.32 bits per heavy atom. The van der Waals surface area contributed by atoms with Crippen LogP contribution < -0.4 is 5.73 Å². The molecule has 0 unspecified atom stereocenters. The van der Waals surface area contributed by atoms with Gasteiger partial charge in [0.15, 0.2) is 0 Å². The molecule has 0 saturated carbocycles. The molecule has 3 rings (SSSR count). The molecule has 0 aliphatic carbocycles. The van der Waals surface area contributed by atoms with Crippen molar-refractivity contribution < 1.29 is 4.79 Å². The van der Waals surface area contributed by atoms with Crippen LogP contribution in [0.2, 0.25) is 5.02 Å². The molecular weight excluding hydrogens is 318 g/mol. The summed E-state index contributed by atoms with van der Waals surface area (Å²) < 4.78 is 0. The lowest BCUT2D eigenvalue weighted by atomic mass is 9.97. The first-order chi connectivity index (χ1) is 10.7. The standard InChI is InChI=1S/C16H18ClN3OS/c17-13-3-1-12(2-4-13)15-19-14(10-22-15)16(21)20-7-5-11(9-18)6-8-20/h1-4,10-11H,5-9,18H2. The Morgan fingerprint density at radius 2 is 2.00 bits per heavy atom. The second kappa shape index (κ2) is 6.77. The SMILES string of the molecule is NCC1CCN(C(=O)c2csc(-c3ccc(Cl)cc3)n2)CC1. The predicted molar refractivity (Wildman–Crippen MR) is 90.2 cm³/mol. The van der Waals surface area contributed by atoms with E-state index in [1.165, 1.54) is 11.3 Å². The highest BCUT2D eigenvalue weighted by molar-refractivity contribution is 7.13. The van der Waals surface area contributed by atoms with Crippen LogP contribution in [0.15, 0.2) is 29.6 Å². The van der Waals surface area contributed by atoms with E-state index in [1.807, 2.05) is 34.5 Å². The number of nitrogens with zero attached hydrogens (tertiary/aromatic N) is 2. The molecule has 1 amide bonds. The predicted octanol–water partition coefficient (Wildman–Crippen LogP) is 3.27. The van der Waals surface area contributed by atoms with Gasteiger partial charge in [0.1, 0.15) is 10.7 Å². The number of carbonyl (C=O) groups is 1. The lowest BCUT2D eigenvalue weighted by Gasteiger charge is -2.30. The Labute approximate surface area is 138 Å². The first-order valence-corrected chi connectivity index (χ1v) is 8.64. The maximum Gasteiger partial charge on any atom is 0.273 e. The first kappa shape index (κ1) is 15.5. The third kappa shape index (κ3) is 3.32. The summed E-state index contributed by atoms with van der Waals surface area (Å²) in [5, 5.41) is 3.37. The molecule has 1 aliphatic rings. The maximum atomic E-state index is 12.5. The van der Waals surface area contributed by atoms with Crippen LogP contribution in [0.3, 0.4) is 0 Å². The molecule has 1 aromatic heterocycles. The lowest BCUT2D eigenvalue weighted by Crippen LogP contribution is -2.40. The molecule has 0 bridgehead atoms. The molecule has 1 aromatic carbocycles. The molecule has 116 valence electrons. The number of hydrogen-bond acceptors (Lipinski definition) is 4. The third-order valence-electron chi connectivity index (χ3n) is 4.05. The van der Waals surface area contributed by atoms with Crippen molar-refractivity contribution in [3.05, 3.63) is 40.4 Å². The number of benzene rings is 1. The maximum absolute atomic E-state index is 12.5. The van der Waals surface area contributed by atoms with Gasteiger partial charge < -0.3 is 10.6 Å². The van der Waals surface area contributed by atoms with Gasteiger partial charge in [0.05, 0.1) is 0 Å². The van der Waals surface area contributed by atoms with Gasteiger partial charge in [-0.25, -0.2) is 4.98 Å². The summed E-state index contributed by atoms with van der Waals surface area (Å²) >= 11 is 7.38. The zero-order valence-corrected chi connectivity index (χ0v) is 13.7. The minimum atomic E-state index is 0.0203. The van der Waals surface area contributed by atoms with Crippen molar-refractivity contribution in [3.63, 3.8) is 0 Å². The van der Waals surface area contributed by atoms with E-state index in [0.717, 1.165) is 36.5 Å². The number of nitrogens with two attached hydrogens (primary N) is 1. The van der Waals surface area contributed by atoms with Crippen molar-refractivity contribution in [3.8, 4) is 10.6 Å². The fourth-order valence-electron chi connectivity index (χ4n) is 2.63. The zero-order valence-electron chi connectivity index (χ0n) is 12.2. The normalized spacial score (nSPS) is 16.0. The summed E-state index contributed by atoms with van der Waals surface area (Å²) in [6.45, 7) is 2.25. The molecule has 1 saturated heterocycles. The van der Waals surface area contributed by atoms with Crippen molar-refractivity contribution in [1.29, 1.82) is 0 Å². The molecular formula is C16H18ClN3OS. The summed E-state index contributed by atoms with van der Waals surface area (Å²) in [7, 11) is 0. The van der Waals surface area contributed by atoms with Gasteiger partial charge in [0.25, 0.3) is 5.91 Å². The van der Waals surface area contributed by atoms with Crippen molar-refractivity contribution >= 4 is 28.8 Å². The van der Waals surface area contributed by atoms with Crippen molar-refractivity contribution in [2.45, 2.75) is 12.8 Å². The van der Waals surface area contributed by atoms with Crippen LogP contribution in [0.1, 0.15) is 23.3 Å². The van der Waals surface area contributed by atoms with E-state index in [4.69, 9.17) is 17.3 Å². The van der Waals surface area contributed by atoms with E-state index in [0.29, 0.717) is 23.2 Å².